The summed E-state index contributed by atoms with van der Waals surface area (Å²) in [6.07, 6.45) is -0.184. The van der Waals surface area contributed by atoms with Crippen LogP contribution in [0.5, 0.6) is 0 Å². The summed E-state index contributed by atoms with van der Waals surface area (Å²) >= 11 is 5.97. The number of hydrogen-bond donors (Lipinski definition) is 2. The molecule has 1 heterocycles. The third-order valence-electron chi connectivity index (χ3n) is 3.14. The smallest absolute Gasteiger partial charge is 0.313 e. The van der Waals surface area contributed by atoms with Crippen LogP contribution in [0.1, 0.15) is 13.8 Å². The number of rotatable bonds is 1. The van der Waals surface area contributed by atoms with E-state index in [0.29, 0.717) is 29.5 Å². The summed E-state index contributed by atoms with van der Waals surface area (Å²) in [7, 11) is 0. The molecule has 3 N–H and O–H groups in total. The van der Waals surface area contributed by atoms with Crippen molar-refractivity contribution in [3.05, 3.63) is 23.2 Å². The lowest BCUT2D eigenvalue weighted by molar-refractivity contribution is -0.151. The van der Waals surface area contributed by atoms with Crippen LogP contribution >= 0.6 is 11.6 Å². The Labute approximate surface area is 128 Å². The fraction of sp³-hybridized carbons (Fsp3) is 0.429. The van der Waals surface area contributed by atoms with Crippen molar-refractivity contribution < 1.29 is 14.3 Å². The monoisotopic (exact) mass is 311 g/mol. The van der Waals surface area contributed by atoms with Gasteiger partial charge in [0.25, 0.3) is 0 Å². The van der Waals surface area contributed by atoms with Gasteiger partial charge >= 0.3 is 11.8 Å². The van der Waals surface area contributed by atoms with Crippen LogP contribution in [0.15, 0.2) is 18.2 Å². The standard InChI is InChI=1S/C14H18ClN3O3/c1-8-6-18(7-9(2)21-8)14(20)13(19)17-12-4-3-10(16)5-11(12)15/h3-5,8-9H,6-7,16H2,1-2H3,(H,17,19). The van der Waals surface area contributed by atoms with Crippen LogP contribution in [-0.4, -0.2) is 42.0 Å². The molecule has 6 nitrogen and oxygen atoms in total. The van der Waals surface area contributed by atoms with Crippen LogP contribution in [0, 0.1) is 0 Å². The van der Waals surface area contributed by atoms with Gasteiger partial charge in [-0.05, 0) is 32.0 Å². The zero-order valence-corrected chi connectivity index (χ0v) is 12.7. The number of carbonyl (C=O) groups excluding carboxylic acids is 2. The first-order chi connectivity index (χ1) is 9.86. The Kier molecular flexibility index (Phi) is 4.69. The second kappa shape index (κ2) is 6.32. The Balaban J connectivity index is 2.04. The Morgan fingerprint density at radius 2 is 1.95 bits per heavy atom. The minimum atomic E-state index is -0.719. The minimum absolute atomic E-state index is 0.0920. The number of amides is 2. The second-order valence-corrected chi connectivity index (χ2v) is 5.57. The van der Waals surface area contributed by atoms with Gasteiger partial charge in [-0.15, -0.1) is 0 Å². The van der Waals surface area contributed by atoms with Crippen LogP contribution in [0.25, 0.3) is 0 Å². The van der Waals surface area contributed by atoms with Crippen molar-refractivity contribution in [2.45, 2.75) is 26.1 Å². The summed E-state index contributed by atoms with van der Waals surface area (Å²) in [5.74, 6) is -1.31. The molecule has 1 aromatic rings. The van der Waals surface area contributed by atoms with E-state index in [0.717, 1.165) is 0 Å². The number of morpholine rings is 1. The molecule has 21 heavy (non-hydrogen) atoms. The number of nitrogens with one attached hydrogen (secondary N) is 1. The van der Waals surface area contributed by atoms with Gasteiger partial charge in [-0.3, -0.25) is 9.59 Å². The van der Waals surface area contributed by atoms with Crippen LogP contribution in [0.4, 0.5) is 11.4 Å². The highest BCUT2D eigenvalue weighted by atomic mass is 35.5. The van der Waals surface area contributed by atoms with Crippen LogP contribution in [0.2, 0.25) is 5.02 Å². The normalized spacial score (nSPS) is 22.0. The average molecular weight is 312 g/mol. The van der Waals surface area contributed by atoms with Crippen molar-refractivity contribution in [2.75, 3.05) is 24.1 Å². The number of carbonyl (C=O) groups is 2. The first kappa shape index (κ1) is 15.6. The highest BCUT2D eigenvalue weighted by Crippen LogP contribution is 2.24. The van der Waals surface area contributed by atoms with Gasteiger partial charge in [0.05, 0.1) is 22.9 Å². The van der Waals surface area contributed by atoms with Crippen LogP contribution < -0.4 is 11.1 Å². The minimum Gasteiger partial charge on any atom is -0.399 e. The third-order valence-corrected chi connectivity index (χ3v) is 3.46. The van der Waals surface area contributed by atoms with E-state index in [1.165, 1.54) is 11.0 Å². The molecule has 1 aliphatic heterocycles. The number of halogens is 1. The zero-order valence-electron chi connectivity index (χ0n) is 11.9. The quantitative estimate of drug-likeness (QED) is 0.608. The highest BCUT2D eigenvalue weighted by Gasteiger charge is 2.29. The summed E-state index contributed by atoms with van der Waals surface area (Å²) in [5, 5.41) is 2.80. The lowest BCUT2D eigenvalue weighted by atomic mass is 10.2. The molecule has 0 spiro atoms. The van der Waals surface area contributed by atoms with E-state index >= 15 is 0 Å². The molecule has 2 rings (SSSR count). The largest absolute Gasteiger partial charge is 0.399 e. The summed E-state index contributed by atoms with van der Waals surface area (Å²) in [6, 6.07) is 4.68. The molecule has 1 aliphatic rings. The van der Waals surface area contributed by atoms with Gasteiger partial charge in [-0.2, -0.15) is 0 Å². The molecule has 0 saturated carbocycles. The fourth-order valence-electron chi connectivity index (χ4n) is 2.30. The fourth-order valence-corrected chi connectivity index (χ4v) is 2.53. The maximum Gasteiger partial charge on any atom is 0.313 e. The third kappa shape index (κ3) is 3.86. The maximum atomic E-state index is 12.2. The van der Waals surface area contributed by atoms with Gasteiger partial charge < -0.3 is 20.7 Å². The Bertz CT molecular complexity index is 554. The molecule has 0 aliphatic carbocycles. The highest BCUT2D eigenvalue weighted by molar-refractivity contribution is 6.41. The Morgan fingerprint density at radius 3 is 2.52 bits per heavy atom. The number of anilines is 2. The first-order valence-corrected chi connectivity index (χ1v) is 7.05. The van der Waals surface area contributed by atoms with Crippen molar-refractivity contribution in [2.24, 2.45) is 0 Å². The van der Waals surface area contributed by atoms with Gasteiger partial charge in [0.1, 0.15) is 0 Å². The van der Waals surface area contributed by atoms with E-state index in [9.17, 15) is 9.59 Å². The van der Waals surface area contributed by atoms with Crippen molar-refractivity contribution >= 4 is 34.8 Å². The van der Waals surface area contributed by atoms with Crippen molar-refractivity contribution in [3.63, 3.8) is 0 Å². The molecule has 1 saturated heterocycles. The molecule has 0 radical (unpaired) electrons. The molecule has 7 heteroatoms. The lowest BCUT2D eigenvalue weighted by Gasteiger charge is -2.34. The summed E-state index contributed by atoms with van der Waals surface area (Å²) in [5.41, 5.74) is 6.43. The number of nitrogen functional groups attached to an aromatic ring is 1. The van der Waals surface area contributed by atoms with Crippen molar-refractivity contribution in [1.29, 1.82) is 0 Å². The zero-order chi connectivity index (χ0) is 15.6. The Morgan fingerprint density at radius 1 is 1.33 bits per heavy atom. The SMILES string of the molecule is CC1CN(C(=O)C(=O)Nc2ccc(N)cc2Cl)CC(C)O1. The van der Waals surface area contributed by atoms with Gasteiger partial charge in [-0.1, -0.05) is 11.6 Å². The molecule has 0 bridgehead atoms. The van der Waals surface area contributed by atoms with E-state index in [-0.39, 0.29) is 12.2 Å². The van der Waals surface area contributed by atoms with Gasteiger partial charge in [-0.25, -0.2) is 0 Å². The molecule has 2 atom stereocenters. The number of nitrogens with zero attached hydrogens (tertiary/aromatic N) is 1. The van der Waals surface area contributed by atoms with Crippen LogP contribution in [-0.2, 0) is 14.3 Å². The maximum absolute atomic E-state index is 12.2. The van der Waals surface area contributed by atoms with Gasteiger partial charge in [0.2, 0.25) is 0 Å². The topological polar surface area (TPSA) is 84.7 Å². The van der Waals surface area contributed by atoms with E-state index < -0.39 is 11.8 Å². The van der Waals surface area contributed by atoms with E-state index in [1.54, 1.807) is 12.1 Å². The van der Waals surface area contributed by atoms with Gasteiger partial charge in [0.15, 0.2) is 0 Å². The van der Waals surface area contributed by atoms with E-state index in [1.807, 2.05) is 13.8 Å². The molecule has 1 aromatic carbocycles. The predicted molar refractivity (Wildman–Crippen MR) is 81.1 cm³/mol. The summed E-state index contributed by atoms with van der Waals surface area (Å²) < 4.78 is 5.54. The molecular weight excluding hydrogens is 294 g/mol. The van der Waals surface area contributed by atoms with E-state index in [2.05, 4.69) is 5.32 Å². The summed E-state index contributed by atoms with van der Waals surface area (Å²) in [6.45, 7) is 4.52. The number of nitrogens with two attached hydrogens (primary N) is 1. The van der Waals surface area contributed by atoms with Crippen molar-refractivity contribution in [1.82, 2.24) is 4.90 Å². The molecule has 2 unspecified atom stereocenters. The molecular formula is C14H18ClN3O3. The van der Waals surface area contributed by atoms with Crippen LogP contribution in [0.3, 0.4) is 0 Å². The predicted octanol–water partition coefficient (Wildman–Crippen LogP) is 1.50. The number of ether oxygens (including phenoxy) is 1. The van der Waals surface area contributed by atoms with Gasteiger partial charge in [0, 0.05) is 18.8 Å². The Hall–Kier alpha value is -1.79. The molecule has 1 fully saturated rings. The molecule has 114 valence electrons. The first-order valence-electron chi connectivity index (χ1n) is 6.67. The lowest BCUT2D eigenvalue weighted by Crippen LogP contribution is -2.51. The van der Waals surface area contributed by atoms with Crippen molar-refractivity contribution in [3.8, 4) is 0 Å². The number of hydrogen-bond acceptors (Lipinski definition) is 4. The summed E-state index contributed by atoms with van der Waals surface area (Å²) in [4.78, 5) is 25.7. The average Bonchev–Trinajstić information content (AvgIpc) is 2.40. The number of benzene rings is 1. The van der Waals surface area contributed by atoms with E-state index in [4.69, 9.17) is 22.1 Å². The molecule has 2 amide bonds. The second-order valence-electron chi connectivity index (χ2n) is 5.16. The molecule has 0 aromatic heterocycles.